The molecule has 6 heteroatoms. The van der Waals surface area contributed by atoms with Crippen molar-refractivity contribution in [2.24, 2.45) is 0 Å². The van der Waals surface area contributed by atoms with Crippen LogP contribution in [0.3, 0.4) is 0 Å². The molecule has 0 bridgehead atoms. The van der Waals surface area contributed by atoms with Crippen molar-refractivity contribution in [3.63, 3.8) is 0 Å². The first kappa shape index (κ1) is 15.5. The average Bonchev–Trinajstić information content (AvgIpc) is 1.52. The summed E-state index contributed by atoms with van der Waals surface area (Å²) in [6, 6.07) is 1.25. The summed E-state index contributed by atoms with van der Waals surface area (Å²) in [5, 5.41) is 0.0833. The van der Waals surface area contributed by atoms with E-state index in [1.165, 1.54) is 0 Å². The molecule has 0 rings (SSSR count). The smallest absolute Gasteiger partial charge is 0.312 e. The van der Waals surface area contributed by atoms with E-state index < -0.39 is 5.20 Å². The molecule has 76 valence electrons. The highest BCUT2D eigenvalue weighted by Crippen LogP contribution is 2.61. The Labute approximate surface area is 88.7 Å². The second kappa shape index (κ2) is 7.46. The summed E-state index contributed by atoms with van der Waals surface area (Å²) in [6.07, 6.45) is 0. The van der Waals surface area contributed by atoms with Crippen LogP contribution in [0.4, 0.5) is 0 Å². The maximum atomic E-state index is 9.51. The van der Waals surface area contributed by atoms with E-state index in [1.807, 2.05) is 0 Å². The minimum atomic E-state index is -3.22. The van der Waals surface area contributed by atoms with Crippen LogP contribution in [0.5, 0.6) is 0 Å². The molecule has 0 aliphatic carbocycles. The molecule has 0 aliphatic heterocycles. The van der Waals surface area contributed by atoms with E-state index in [0.717, 1.165) is 0 Å². The number of hydrogen-bond donors (Lipinski definition) is 1. The standard InChI is InChI=1S/C6H15N.Cl3OP/c1-5(2)7-6(3)4;1-5(2,3)4/h5-7H,1-4H3;. The highest BCUT2D eigenvalue weighted by molar-refractivity contribution is 8.24. The Morgan fingerprint density at radius 1 is 1.00 bits per heavy atom. The molecule has 0 saturated heterocycles. The van der Waals surface area contributed by atoms with E-state index in [9.17, 15) is 4.57 Å². The van der Waals surface area contributed by atoms with Gasteiger partial charge in [0.2, 0.25) is 0 Å². The van der Waals surface area contributed by atoms with Crippen molar-refractivity contribution in [1.29, 1.82) is 0 Å². The molecule has 1 N–H and O–H groups in total. The third kappa shape index (κ3) is 43.7. The Hall–Kier alpha value is 1.06. The van der Waals surface area contributed by atoms with E-state index in [2.05, 4.69) is 66.7 Å². The number of halogens is 3. The first-order chi connectivity index (χ1) is 5.13. The lowest BCUT2D eigenvalue weighted by Gasteiger charge is -2.10. The van der Waals surface area contributed by atoms with E-state index in [1.54, 1.807) is 0 Å². The fourth-order valence-electron chi connectivity index (χ4n) is 0.667. The van der Waals surface area contributed by atoms with Gasteiger partial charge < -0.3 is 5.32 Å². The fraction of sp³-hybridized carbons (Fsp3) is 1.00. The molecule has 0 radical (unpaired) electrons. The van der Waals surface area contributed by atoms with Gasteiger partial charge in [-0.15, -0.1) is 0 Å². The summed E-state index contributed by atoms with van der Waals surface area (Å²) in [7, 11) is 0. The van der Waals surface area contributed by atoms with Gasteiger partial charge >= 0.3 is 5.20 Å². The first-order valence-electron chi connectivity index (χ1n) is 3.58. The maximum absolute atomic E-state index is 9.51. The highest BCUT2D eigenvalue weighted by Gasteiger charge is 2.02. The van der Waals surface area contributed by atoms with Gasteiger partial charge in [-0.1, -0.05) is 27.7 Å². The van der Waals surface area contributed by atoms with E-state index >= 15 is 0 Å². The second-order valence-corrected chi connectivity index (χ2v) is 9.51. The fourth-order valence-corrected chi connectivity index (χ4v) is 0.667. The van der Waals surface area contributed by atoms with E-state index in [4.69, 9.17) is 0 Å². The Balaban J connectivity index is 0. The predicted molar refractivity (Wildman–Crippen MR) is 58.6 cm³/mol. The zero-order valence-corrected chi connectivity index (χ0v) is 10.8. The molecule has 0 fully saturated rings. The van der Waals surface area contributed by atoms with Crippen LogP contribution in [0.15, 0.2) is 0 Å². The summed E-state index contributed by atoms with van der Waals surface area (Å²) in [4.78, 5) is 0. The lowest BCUT2D eigenvalue weighted by atomic mass is 10.3. The van der Waals surface area contributed by atoms with Crippen LogP contribution >= 0.6 is 38.9 Å². The van der Waals surface area contributed by atoms with Gasteiger partial charge in [0, 0.05) is 12.1 Å². The molecular formula is C6H15Cl3NOP. The Bertz CT molecular complexity index is 131. The van der Waals surface area contributed by atoms with Gasteiger partial charge in [0.1, 0.15) is 0 Å². The van der Waals surface area contributed by atoms with Crippen LogP contribution < -0.4 is 5.32 Å². The molecular weight excluding hydrogens is 239 g/mol. The third-order valence-electron chi connectivity index (χ3n) is 0.667. The van der Waals surface area contributed by atoms with Crippen molar-refractivity contribution < 1.29 is 4.57 Å². The molecule has 0 atom stereocenters. The average molecular weight is 255 g/mol. The van der Waals surface area contributed by atoms with Crippen molar-refractivity contribution in [3.8, 4) is 0 Å². The molecule has 0 aliphatic rings. The van der Waals surface area contributed by atoms with Crippen LogP contribution in [-0.2, 0) is 4.57 Å². The Morgan fingerprint density at radius 2 is 1.17 bits per heavy atom. The van der Waals surface area contributed by atoms with Gasteiger partial charge in [-0.25, -0.2) is 0 Å². The number of hydrogen-bond acceptors (Lipinski definition) is 2. The van der Waals surface area contributed by atoms with Crippen LogP contribution in [0.25, 0.3) is 0 Å². The van der Waals surface area contributed by atoms with Gasteiger partial charge in [-0.05, 0) is 33.7 Å². The minimum Gasteiger partial charge on any atom is -0.312 e. The summed E-state index contributed by atoms with van der Waals surface area (Å²) >= 11 is 13.8. The first-order valence-corrected chi connectivity index (χ1v) is 8.00. The van der Waals surface area contributed by atoms with Gasteiger partial charge in [0.05, 0.1) is 0 Å². The largest absolute Gasteiger partial charge is 0.339 e. The molecule has 0 unspecified atom stereocenters. The molecule has 2 nitrogen and oxygen atoms in total. The quantitative estimate of drug-likeness (QED) is 0.748. The minimum absolute atomic E-state index is 0.625. The van der Waals surface area contributed by atoms with Crippen LogP contribution in [0, 0.1) is 0 Å². The number of rotatable bonds is 2. The SMILES string of the molecule is CC(C)NC(C)C.O=P(Cl)(Cl)Cl. The molecule has 0 aromatic rings. The predicted octanol–water partition coefficient (Wildman–Crippen LogP) is 4.20. The molecule has 0 amide bonds. The molecule has 0 spiro atoms. The van der Waals surface area contributed by atoms with E-state index in [-0.39, 0.29) is 0 Å². The Morgan fingerprint density at radius 3 is 1.17 bits per heavy atom. The molecule has 12 heavy (non-hydrogen) atoms. The van der Waals surface area contributed by atoms with Crippen molar-refractivity contribution in [1.82, 2.24) is 5.32 Å². The lowest BCUT2D eigenvalue weighted by Crippen LogP contribution is -2.29. The summed E-state index contributed by atoms with van der Waals surface area (Å²) in [6.45, 7) is 8.61. The van der Waals surface area contributed by atoms with Gasteiger partial charge in [-0.2, -0.15) is 0 Å². The molecule has 0 heterocycles. The zero-order valence-electron chi connectivity index (χ0n) is 7.64. The van der Waals surface area contributed by atoms with Crippen molar-refractivity contribution in [2.45, 2.75) is 39.8 Å². The van der Waals surface area contributed by atoms with Crippen LogP contribution in [-0.4, -0.2) is 12.1 Å². The molecule has 0 aromatic heterocycles. The lowest BCUT2D eigenvalue weighted by molar-refractivity contribution is 0.518. The summed E-state index contributed by atoms with van der Waals surface area (Å²) in [5.41, 5.74) is 0. The van der Waals surface area contributed by atoms with Crippen molar-refractivity contribution in [3.05, 3.63) is 0 Å². The third-order valence-corrected chi connectivity index (χ3v) is 0.667. The monoisotopic (exact) mass is 253 g/mol. The van der Waals surface area contributed by atoms with Crippen molar-refractivity contribution >= 4 is 38.9 Å². The van der Waals surface area contributed by atoms with Crippen molar-refractivity contribution in [2.75, 3.05) is 0 Å². The highest BCUT2D eigenvalue weighted by atomic mass is 36.0. The summed E-state index contributed by atoms with van der Waals surface area (Å²) in [5.74, 6) is 0. The van der Waals surface area contributed by atoms with Crippen LogP contribution in [0.2, 0.25) is 0 Å². The molecule has 0 aromatic carbocycles. The summed E-state index contributed by atoms with van der Waals surface area (Å²) < 4.78 is 9.51. The second-order valence-electron chi connectivity index (χ2n) is 2.87. The maximum Gasteiger partial charge on any atom is 0.339 e. The van der Waals surface area contributed by atoms with Gasteiger partial charge in [-0.3, -0.25) is 4.57 Å². The normalized spacial score (nSPS) is 11.4. The van der Waals surface area contributed by atoms with Crippen LogP contribution in [0.1, 0.15) is 27.7 Å². The Kier molecular flexibility index (Phi) is 9.66. The topological polar surface area (TPSA) is 29.1 Å². The van der Waals surface area contributed by atoms with Gasteiger partial charge in [0.15, 0.2) is 0 Å². The molecule has 0 saturated carbocycles. The zero-order chi connectivity index (χ0) is 10.4. The van der Waals surface area contributed by atoms with E-state index in [0.29, 0.717) is 12.1 Å². The number of nitrogens with one attached hydrogen (secondary N) is 1. The van der Waals surface area contributed by atoms with Gasteiger partial charge in [0.25, 0.3) is 0 Å².